The molecule has 1 aromatic heterocycles. The first-order valence-electron chi connectivity index (χ1n) is 11.2. The van der Waals surface area contributed by atoms with Crippen molar-refractivity contribution in [2.24, 2.45) is 5.92 Å². The molecule has 1 saturated carbocycles. The van der Waals surface area contributed by atoms with Crippen molar-refractivity contribution >= 4 is 43.5 Å². The molecular weight excluding hydrogens is 524 g/mol. The van der Waals surface area contributed by atoms with Crippen LogP contribution in [0.2, 0.25) is 5.28 Å². The fraction of sp³-hybridized carbons (Fsp3) is 0.600. The number of aliphatic hydroxyl groups is 2. The molecule has 5 atom stereocenters. The Bertz CT molecular complexity index is 1160. The van der Waals surface area contributed by atoms with Gasteiger partial charge < -0.3 is 39.5 Å². The largest absolute Gasteiger partial charge is 0.387 e. The summed E-state index contributed by atoms with van der Waals surface area (Å²) < 4.78 is 33.3. The van der Waals surface area contributed by atoms with Gasteiger partial charge in [0.15, 0.2) is 5.90 Å². The van der Waals surface area contributed by atoms with Crippen molar-refractivity contribution in [1.82, 2.24) is 9.97 Å². The molecule has 1 aromatic carbocycles. The third-order valence-electron chi connectivity index (χ3n) is 6.22. The van der Waals surface area contributed by atoms with Crippen LogP contribution >= 0.6 is 26.8 Å². The third kappa shape index (κ3) is 6.78. The molecule has 0 amide bonds. The molecule has 6 N–H and O–H groups in total. The molecule has 15 heteroatoms. The SMILES string of the molecule is O=P(O)(O)CP(=O)(O)OC[C@H]1O[C@@H](c2ccc3c(NCC4CCCC4)nc(Cl)nc3c2)[C@H](O)[C@@H]1O. The van der Waals surface area contributed by atoms with E-state index >= 15 is 0 Å². The van der Waals surface area contributed by atoms with Crippen LogP contribution in [0.25, 0.3) is 10.9 Å². The monoisotopic (exact) mass is 551 g/mol. The minimum absolute atomic E-state index is 0.0477. The van der Waals surface area contributed by atoms with E-state index in [1.165, 1.54) is 25.7 Å². The summed E-state index contributed by atoms with van der Waals surface area (Å²) in [6, 6.07) is 5.10. The normalized spacial score (nSPS) is 27.4. The second-order valence-corrected chi connectivity index (χ2v) is 13.3. The summed E-state index contributed by atoms with van der Waals surface area (Å²) in [5, 5.41) is 25.0. The first-order chi connectivity index (χ1) is 16.4. The molecule has 1 aliphatic heterocycles. The number of halogens is 1. The van der Waals surface area contributed by atoms with Gasteiger partial charge in [-0.25, -0.2) is 9.97 Å². The van der Waals surface area contributed by atoms with Gasteiger partial charge in [-0.3, -0.25) is 9.13 Å². The van der Waals surface area contributed by atoms with E-state index in [2.05, 4.69) is 15.3 Å². The van der Waals surface area contributed by atoms with Crippen LogP contribution in [0.15, 0.2) is 18.2 Å². The second kappa shape index (κ2) is 10.7. The van der Waals surface area contributed by atoms with E-state index in [0.29, 0.717) is 22.8 Å². The van der Waals surface area contributed by atoms with Crippen molar-refractivity contribution in [2.75, 3.05) is 24.4 Å². The average molecular weight is 552 g/mol. The van der Waals surface area contributed by atoms with Crippen molar-refractivity contribution < 1.29 is 43.3 Å². The summed E-state index contributed by atoms with van der Waals surface area (Å²) in [5.41, 5.74) is 0.980. The van der Waals surface area contributed by atoms with Crippen molar-refractivity contribution in [3.8, 4) is 0 Å². The number of ether oxygens (including phenoxy) is 1. The molecule has 4 rings (SSSR count). The molecule has 1 unspecified atom stereocenters. The number of aromatic nitrogens is 2. The summed E-state index contributed by atoms with van der Waals surface area (Å²) in [6.07, 6.45) is -0.287. The number of hydrogen-bond donors (Lipinski definition) is 6. The zero-order chi connectivity index (χ0) is 25.4. The van der Waals surface area contributed by atoms with Crippen molar-refractivity contribution in [3.05, 3.63) is 29.0 Å². The van der Waals surface area contributed by atoms with Gasteiger partial charge in [0, 0.05) is 11.9 Å². The van der Waals surface area contributed by atoms with Crippen LogP contribution in [0.1, 0.15) is 37.4 Å². The van der Waals surface area contributed by atoms with E-state index in [0.717, 1.165) is 11.9 Å². The van der Waals surface area contributed by atoms with Crippen LogP contribution < -0.4 is 5.32 Å². The highest BCUT2D eigenvalue weighted by Gasteiger charge is 2.45. The topological polar surface area (TPSA) is 192 Å². The number of hydrogen-bond acceptors (Lipinski definition) is 9. The Kier molecular flexibility index (Phi) is 8.20. The van der Waals surface area contributed by atoms with Gasteiger partial charge in [0.25, 0.3) is 0 Å². The van der Waals surface area contributed by atoms with Gasteiger partial charge in [0.2, 0.25) is 5.28 Å². The Balaban J connectivity index is 1.48. The van der Waals surface area contributed by atoms with Gasteiger partial charge in [-0.1, -0.05) is 18.9 Å². The highest BCUT2D eigenvalue weighted by Crippen LogP contribution is 2.55. The summed E-state index contributed by atoms with van der Waals surface area (Å²) >= 11 is 6.13. The summed E-state index contributed by atoms with van der Waals surface area (Å²) in [7, 11) is -9.44. The lowest BCUT2D eigenvalue weighted by atomic mass is 10.0. The van der Waals surface area contributed by atoms with Crippen molar-refractivity contribution in [1.29, 1.82) is 0 Å². The molecule has 194 valence electrons. The predicted octanol–water partition coefficient (Wildman–Crippen LogP) is 2.38. The zero-order valence-corrected chi connectivity index (χ0v) is 21.1. The van der Waals surface area contributed by atoms with Crippen LogP contribution in [0.5, 0.6) is 0 Å². The molecule has 2 aromatic rings. The molecule has 35 heavy (non-hydrogen) atoms. The van der Waals surface area contributed by atoms with E-state index in [-0.39, 0.29) is 5.28 Å². The minimum Gasteiger partial charge on any atom is -0.387 e. The van der Waals surface area contributed by atoms with Gasteiger partial charge in [0.05, 0.1) is 12.1 Å². The Morgan fingerprint density at radius 1 is 1.11 bits per heavy atom. The fourth-order valence-electron chi connectivity index (χ4n) is 4.51. The number of nitrogens with one attached hydrogen (secondary N) is 1. The Morgan fingerprint density at radius 2 is 1.83 bits per heavy atom. The quantitative estimate of drug-likeness (QED) is 0.197. The van der Waals surface area contributed by atoms with Gasteiger partial charge in [0.1, 0.15) is 30.2 Å². The first kappa shape index (κ1) is 26.9. The van der Waals surface area contributed by atoms with Crippen LogP contribution in [0, 0.1) is 5.92 Å². The zero-order valence-electron chi connectivity index (χ0n) is 18.6. The third-order valence-corrected chi connectivity index (χ3v) is 9.85. The summed E-state index contributed by atoms with van der Waals surface area (Å²) in [6.45, 7) is 0.124. The number of anilines is 1. The van der Waals surface area contributed by atoms with Gasteiger partial charge in [-0.15, -0.1) is 0 Å². The Labute approximate surface area is 206 Å². The van der Waals surface area contributed by atoms with E-state index < -0.39 is 52.1 Å². The molecule has 0 spiro atoms. The lowest BCUT2D eigenvalue weighted by Gasteiger charge is -2.18. The van der Waals surface area contributed by atoms with Crippen LogP contribution in [0.4, 0.5) is 5.82 Å². The lowest BCUT2D eigenvalue weighted by Crippen LogP contribution is -2.33. The fourth-order valence-corrected chi connectivity index (χ4v) is 7.26. The molecular formula is C20H28ClN3O9P2. The molecule has 1 aliphatic carbocycles. The van der Waals surface area contributed by atoms with E-state index in [4.69, 9.17) is 30.6 Å². The van der Waals surface area contributed by atoms with Gasteiger partial charge >= 0.3 is 15.2 Å². The highest BCUT2D eigenvalue weighted by molar-refractivity contribution is 7.70. The molecule has 2 heterocycles. The van der Waals surface area contributed by atoms with Gasteiger partial charge in [-0.05, 0) is 48.1 Å². The maximum atomic E-state index is 11.9. The van der Waals surface area contributed by atoms with E-state index in [1.807, 2.05) is 0 Å². The summed E-state index contributed by atoms with van der Waals surface area (Å²) in [5.74, 6) is -0.185. The molecule has 2 aliphatic rings. The van der Waals surface area contributed by atoms with Gasteiger partial charge in [-0.2, -0.15) is 0 Å². The molecule has 2 fully saturated rings. The number of rotatable bonds is 9. The lowest BCUT2D eigenvalue weighted by molar-refractivity contribution is -0.0186. The number of nitrogens with zero attached hydrogens (tertiary/aromatic N) is 2. The molecule has 12 nitrogen and oxygen atoms in total. The number of fused-ring (bicyclic) bond motifs is 1. The van der Waals surface area contributed by atoms with E-state index in [1.54, 1.807) is 18.2 Å². The van der Waals surface area contributed by atoms with Crippen molar-refractivity contribution in [3.63, 3.8) is 0 Å². The smallest absolute Gasteiger partial charge is 0.340 e. The van der Waals surface area contributed by atoms with Crippen LogP contribution in [0.3, 0.4) is 0 Å². The van der Waals surface area contributed by atoms with Crippen LogP contribution in [-0.2, 0) is 18.4 Å². The predicted molar refractivity (Wildman–Crippen MR) is 127 cm³/mol. The number of aliphatic hydroxyl groups excluding tert-OH is 2. The molecule has 0 bridgehead atoms. The summed E-state index contributed by atoms with van der Waals surface area (Å²) in [4.78, 5) is 36.0. The Morgan fingerprint density at radius 3 is 2.51 bits per heavy atom. The first-order valence-corrected chi connectivity index (χ1v) is 15.1. The second-order valence-electron chi connectivity index (χ2n) is 8.96. The van der Waals surface area contributed by atoms with Crippen molar-refractivity contribution in [2.45, 2.75) is 50.1 Å². The van der Waals surface area contributed by atoms with E-state index in [9.17, 15) is 24.2 Å². The molecule has 0 radical (unpaired) electrons. The maximum absolute atomic E-state index is 11.9. The average Bonchev–Trinajstić information content (AvgIpc) is 3.37. The molecule has 1 saturated heterocycles. The maximum Gasteiger partial charge on any atom is 0.340 e. The van der Waals surface area contributed by atoms with Crippen LogP contribution in [-0.4, -0.2) is 72.2 Å². The highest BCUT2D eigenvalue weighted by atomic mass is 35.5. The minimum atomic E-state index is -4.80. The standard InChI is InChI=1S/C20H28ClN3O9P2/c21-20-23-14-7-12(5-6-13(14)19(24-20)22-8-11-3-1-2-4-11)18-17(26)16(25)15(33-18)9-32-35(30,31)10-34(27,28)29/h5-7,11,15-18,25-26H,1-4,8-10H2,(H,30,31)(H,22,23,24)(H2,27,28,29)/t15-,16-,17-,18+/m1/s1. The Hall–Kier alpha value is -1.17. The number of benzene rings is 1.